The van der Waals surface area contributed by atoms with Crippen LogP contribution in [0.5, 0.6) is 0 Å². The van der Waals surface area contributed by atoms with Gasteiger partial charge in [-0.3, -0.25) is 4.99 Å². The van der Waals surface area contributed by atoms with Crippen LogP contribution < -0.4 is 0 Å². The van der Waals surface area contributed by atoms with Crippen molar-refractivity contribution in [2.45, 2.75) is 45.1 Å². The van der Waals surface area contributed by atoms with Crippen molar-refractivity contribution in [1.29, 1.82) is 0 Å². The van der Waals surface area contributed by atoms with Gasteiger partial charge in [0, 0.05) is 40.8 Å². The van der Waals surface area contributed by atoms with Gasteiger partial charge in [-0.1, -0.05) is 6.42 Å². The highest BCUT2D eigenvalue weighted by atomic mass is 15.3. The van der Waals surface area contributed by atoms with Crippen LogP contribution in [0.15, 0.2) is 4.99 Å². The van der Waals surface area contributed by atoms with Crippen LogP contribution in [0.3, 0.4) is 0 Å². The molecular formula is C15H32N4. The van der Waals surface area contributed by atoms with Crippen LogP contribution in [0.1, 0.15) is 39.0 Å². The number of nitrogens with zero attached hydrogens (tertiary/aromatic N) is 4. The summed E-state index contributed by atoms with van der Waals surface area (Å²) in [6.45, 7) is 5.85. The monoisotopic (exact) mass is 268 g/mol. The van der Waals surface area contributed by atoms with Crippen molar-refractivity contribution in [3.8, 4) is 0 Å². The van der Waals surface area contributed by atoms with Crippen LogP contribution >= 0.6 is 0 Å². The summed E-state index contributed by atoms with van der Waals surface area (Å²) >= 11 is 0. The van der Waals surface area contributed by atoms with E-state index in [4.69, 9.17) is 0 Å². The zero-order valence-electron chi connectivity index (χ0n) is 13.5. The minimum atomic E-state index is 0.788. The molecule has 1 saturated heterocycles. The van der Waals surface area contributed by atoms with Gasteiger partial charge >= 0.3 is 0 Å². The number of rotatable bonds is 5. The second-order valence-corrected chi connectivity index (χ2v) is 6.06. The Morgan fingerprint density at radius 1 is 1.11 bits per heavy atom. The zero-order chi connectivity index (χ0) is 14.3. The molecule has 4 heteroatoms. The van der Waals surface area contributed by atoms with E-state index >= 15 is 0 Å². The molecule has 0 spiro atoms. The molecule has 0 aromatic carbocycles. The quantitative estimate of drug-likeness (QED) is 0.433. The molecule has 19 heavy (non-hydrogen) atoms. The van der Waals surface area contributed by atoms with E-state index in [2.05, 4.69) is 26.6 Å². The van der Waals surface area contributed by atoms with E-state index in [1.165, 1.54) is 45.2 Å². The van der Waals surface area contributed by atoms with Crippen molar-refractivity contribution in [2.24, 2.45) is 4.99 Å². The van der Waals surface area contributed by atoms with Crippen LogP contribution in [-0.2, 0) is 0 Å². The summed E-state index contributed by atoms with van der Waals surface area (Å²) in [5, 5.41) is 0. The molecule has 1 fully saturated rings. The fraction of sp³-hybridized carbons (Fsp3) is 0.933. The highest BCUT2D eigenvalue weighted by Crippen LogP contribution is 2.16. The van der Waals surface area contributed by atoms with E-state index in [-0.39, 0.29) is 0 Å². The number of hydrogen-bond acceptors (Lipinski definition) is 2. The Labute approximate surface area is 119 Å². The SMILES string of the molecule is CC1CCCCN1CCCCN=C(N(C)C)N(C)C. The van der Waals surface area contributed by atoms with E-state index < -0.39 is 0 Å². The Morgan fingerprint density at radius 2 is 1.79 bits per heavy atom. The van der Waals surface area contributed by atoms with E-state index in [0.717, 1.165) is 18.5 Å². The molecule has 112 valence electrons. The molecule has 4 nitrogen and oxygen atoms in total. The van der Waals surface area contributed by atoms with Crippen LogP contribution in [0.25, 0.3) is 0 Å². The normalized spacial score (nSPS) is 20.2. The summed E-state index contributed by atoms with van der Waals surface area (Å²) in [5.74, 6) is 1.06. The third-order valence-electron chi connectivity index (χ3n) is 3.85. The van der Waals surface area contributed by atoms with Crippen LogP contribution in [-0.4, -0.2) is 74.5 Å². The third kappa shape index (κ3) is 5.81. The topological polar surface area (TPSA) is 22.1 Å². The molecule has 1 aliphatic rings. The lowest BCUT2D eigenvalue weighted by Gasteiger charge is -2.33. The maximum absolute atomic E-state index is 4.67. The fourth-order valence-electron chi connectivity index (χ4n) is 2.78. The van der Waals surface area contributed by atoms with Gasteiger partial charge in [0.15, 0.2) is 5.96 Å². The lowest BCUT2D eigenvalue weighted by atomic mass is 10.0. The molecule has 0 bridgehead atoms. The van der Waals surface area contributed by atoms with E-state index in [1.54, 1.807) is 0 Å². The van der Waals surface area contributed by atoms with Gasteiger partial charge in [-0.25, -0.2) is 0 Å². The largest absolute Gasteiger partial charge is 0.349 e. The average molecular weight is 268 g/mol. The first kappa shape index (κ1) is 16.3. The van der Waals surface area contributed by atoms with Gasteiger partial charge in [-0.2, -0.15) is 0 Å². The minimum absolute atomic E-state index is 0.788. The molecule has 0 aliphatic carbocycles. The maximum atomic E-state index is 4.67. The van der Waals surface area contributed by atoms with Crippen molar-refractivity contribution in [3.63, 3.8) is 0 Å². The number of unbranched alkanes of at least 4 members (excludes halogenated alkanes) is 1. The number of aliphatic imine (C=N–C) groups is 1. The van der Waals surface area contributed by atoms with E-state index in [9.17, 15) is 0 Å². The molecule has 1 unspecified atom stereocenters. The zero-order valence-corrected chi connectivity index (χ0v) is 13.5. The molecule has 0 saturated carbocycles. The highest BCUT2D eigenvalue weighted by molar-refractivity contribution is 5.79. The smallest absolute Gasteiger partial charge is 0.195 e. The third-order valence-corrected chi connectivity index (χ3v) is 3.85. The number of guanidine groups is 1. The lowest BCUT2D eigenvalue weighted by molar-refractivity contribution is 0.158. The van der Waals surface area contributed by atoms with Gasteiger partial charge in [0.1, 0.15) is 0 Å². The molecule has 0 amide bonds. The Bertz CT molecular complexity index is 263. The first-order chi connectivity index (χ1) is 9.02. The molecule has 0 aromatic heterocycles. The molecule has 0 radical (unpaired) electrons. The van der Waals surface area contributed by atoms with E-state index in [0.29, 0.717) is 0 Å². The number of likely N-dealkylation sites (tertiary alicyclic amines) is 1. The molecular weight excluding hydrogens is 236 g/mol. The molecule has 1 aliphatic heterocycles. The van der Waals surface area contributed by atoms with Gasteiger partial charge in [0.25, 0.3) is 0 Å². The summed E-state index contributed by atoms with van der Waals surface area (Å²) in [7, 11) is 8.20. The predicted molar refractivity (Wildman–Crippen MR) is 83.8 cm³/mol. The summed E-state index contributed by atoms with van der Waals surface area (Å²) in [5.41, 5.74) is 0. The Morgan fingerprint density at radius 3 is 2.37 bits per heavy atom. The van der Waals surface area contributed by atoms with Gasteiger partial charge in [0.05, 0.1) is 0 Å². The van der Waals surface area contributed by atoms with Gasteiger partial charge in [0.2, 0.25) is 0 Å². The molecule has 1 heterocycles. The Balaban J connectivity index is 2.21. The molecule has 0 aromatic rings. The maximum Gasteiger partial charge on any atom is 0.195 e. The summed E-state index contributed by atoms with van der Waals surface area (Å²) < 4.78 is 0. The molecule has 1 rings (SSSR count). The summed E-state index contributed by atoms with van der Waals surface area (Å²) in [6.07, 6.45) is 6.63. The first-order valence-corrected chi connectivity index (χ1v) is 7.65. The van der Waals surface area contributed by atoms with Crippen LogP contribution in [0.4, 0.5) is 0 Å². The van der Waals surface area contributed by atoms with Gasteiger partial charge < -0.3 is 14.7 Å². The Hall–Kier alpha value is -0.770. The van der Waals surface area contributed by atoms with E-state index in [1.807, 2.05) is 28.2 Å². The summed E-state index contributed by atoms with van der Waals surface area (Å²) in [4.78, 5) is 11.5. The number of hydrogen-bond donors (Lipinski definition) is 0. The van der Waals surface area contributed by atoms with Gasteiger partial charge in [-0.15, -0.1) is 0 Å². The van der Waals surface area contributed by atoms with Crippen molar-refractivity contribution in [2.75, 3.05) is 47.8 Å². The minimum Gasteiger partial charge on any atom is -0.349 e. The second-order valence-electron chi connectivity index (χ2n) is 6.06. The number of piperidine rings is 1. The average Bonchev–Trinajstić information content (AvgIpc) is 2.34. The highest BCUT2D eigenvalue weighted by Gasteiger charge is 2.16. The second kappa shape index (κ2) is 8.41. The molecule has 0 N–H and O–H groups in total. The predicted octanol–water partition coefficient (Wildman–Crippen LogP) is 2.12. The molecule has 1 atom stereocenters. The van der Waals surface area contributed by atoms with Crippen molar-refractivity contribution in [3.05, 3.63) is 0 Å². The first-order valence-electron chi connectivity index (χ1n) is 7.65. The Kier molecular flexibility index (Phi) is 7.21. The van der Waals surface area contributed by atoms with Crippen LogP contribution in [0.2, 0.25) is 0 Å². The van der Waals surface area contributed by atoms with Crippen molar-refractivity contribution in [1.82, 2.24) is 14.7 Å². The fourth-order valence-corrected chi connectivity index (χ4v) is 2.78. The lowest BCUT2D eigenvalue weighted by Crippen LogP contribution is -2.38. The van der Waals surface area contributed by atoms with Crippen LogP contribution in [0, 0.1) is 0 Å². The van der Waals surface area contributed by atoms with Crippen molar-refractivity contribution >= 4 is 5.96 Å². The van der Waals surface area contributed by atoms with Crippen molar-refractivity contribution < 1.29 is 0 Å². The van der Waals surface area contributed by atoms with Gasteiger partial charge in [-0.05, 0) is 45.7 Å². The standard InChI is InChI=1S/C15H32N4/c1-14-10-6-8-12-19(14)13-9-7-11-16-15(17(2)3)18(4)5/h14H,6-13H2,1-5H3. The summed E-state index contributed by atoms with van der Waals surface area (Å²) in [6, 6.07) is 0.788.